The maximum atomic E-state index is 14.8. The van der Waals surface area contributed by atoms with Gasteiger partial charge in [-0.05, 0) is 93.4 Å². The van der Waals surface area contributed by atoms with E-state index >= 15 is 0 Å². The van der Waals surface area contributed by atoms with E-state index in [-0.39, 0.29) is 11.7 Å². The van der Waals surface area contributed by atoms with Crippen LogP contribution >= 0.6 is 0 Å². The summed E-state index contributed by atoms with van der Waals surface area (Å²) in [6.45, 7) is 7.14. The van der Waals surface area contributed by atoms with E-state index in [2.05, 4.69) is 4.90 Å². The van der Waals surface area contributed by atoms with Crippen LogP contribution in [-0.2, 0) is 0 Å². The standard InChI is InChI=1S/C29H38F2N2O3/c1-3-29(2,31)20-32-15-12-21(13-16-32)19-36-27-11-10-24(17-26(27)30)22-6-8-23(9-7-22)28(35)33-14-4-5-25(34)18-33/h6-11,17,21,25,34H,3-5,12-16,18-20H2,1-2H3. The van der Waals surface area contributed by atoms with Gasteiger partial charge in [0.1, 0.15) is 5.67 Å². The number of hydrogen-bond donors (Lipinski definition) is 1. The van der Waals surface area contributed by atoms with Crippen molar-refractivity contribution in [3.05, 3.63) is 53.8 Å². The quantitative estimate of drug-likeness (QED) is 0.533. The van der Waals surface area contributed by atoms with Crippen LogP contribution < -0.4 is 4.74 Å². The normalized spacial score (nSPS) is 21.2. The SMILES string of the molecule is CCC(C)(F)CN1CCC(COc2ccc(-c3ccc(C(=O)N4CCCC(O)C4)cc3)cc2F)CC1. The molecule has 0 radical (unpaired) electrons. The first-order valence-corrected chi connectivity index (χ1v) is 13.2. The molecule has 2 aromatic rings. The van der Waals surface area contributed by atoms with Crippen LogP contribution in [0.2, 0.25) is 0 Å². The van der Waals surface area contributed by atoms with E-state index in [9.17, 15) is 18.7 Å². The third-order valence-corrected chi connectivity index (χ3v) is 7.55. The number of hydrogen-bond acceptors (Lipinski definition) is 4. The van der Waals surface area contributed by atoms with E-state index in [1.807, 2.05) is 25.1 Å². The maximum Gasteiger partial charge on any atom is 0.253 e. The van der Waals surface area contributed by atoms with Gasteiger partial charge in [-0.15, -0.1) is 0 Å². The number of β-amino-alcohol motifs (C(OH)–C–C–N with tert-alkyl or cyclic N) is 1. The topological polar surface area (TPSA) is 53.0 Å². The van der Waals surface area contributed by atoms with Crippen molar-refractivity contribution in [3.63, 3.8) is 0 Å². The molecular weight excluding hydrogens is 462 g/mol. The summed E-state index contributed by atoms with van der Waals surface area (Å²) < 4.78 is 34.9. The molecule has 0 aromatic heterocycles. The van der Waals surface area contributed by atoms with Crippen LogP contribution in [-0.4, -0.2) is 71.9 Å². The van der Waals surface area contributed by atoms with Crippen molar-refractivity contribution in [2.45, 2.75) is 57.7 Å². The molecule has 4 rings (SSSR count). The lowest BCUT2D eigenvalue weighted by atomic mass is 9.96. The Balaban J connectivity index is 1.29. The van der Waals surface area contributed by atoms with Gasteiger partial charge in [0.25, 0.3) is 5.91 Å². The number of nitrogens with zero attached hydrogens (tertiary/aromatic N) is 2. The van der Waals surface area contributed by atoms with Gasteiger partial charge in [-0.25, -0.2) is 8.78 Å². The first kappa shape index (κ1) is 26.6. The van der Waals surface area contributed by atoms with Crippen LogP contribution in [0.1, 0.15) is 56.3 Å². The molecule has 196 valence electrons. The van der Waals surface area contributed by atoms with Crippen molar-refractivity contribution in [1.29, 1.82) is 0 Å². The highest BCUT2D eigenvalue weighted by Gasteiger charge is 2.28. The van der Waals surface area contributed by atoms with E-state index < -0.39 is 17.6 Å². The van der Waals surface area contributed by atoms with Gasteiger partial charge in [-0.1, -0.05) is 25.1 Å². The molecule has 2 fully saturated rings. The van der Waals surface area contributed by atoms with Crippen LogP contribution in [0.15, 0.2) is 42.5 Å². The van der Waals surface area contributed by atoms with E-state index in [1.165, 1.54) is 6.07 Å². The number of likely N-dealkylation sites (tertiary alicyclic amines) is 2. The van der Waals surface area contributed by atoms with Crippen LogP contribution in [0.5, 0.6) is 5.75 Å². The number of rotatable bonds is 8. The number of piperidine rings is 2. The second-order valence-electron chi connectivity index (χ2n) is 10.6. The Bertz CT molecular complexity index is 1020. The molecule has 2 atom stereocenters. The molecule has 2 unspecified atom stereocenters. The van der Waals surface area contributed by atoms with Crippen molar-refractivity contribution >= 4 is 5.91 Å². The predicted molar refractivity (Wildman–Crippen MR) is 137 cm³/mol. The molecule has 5 nitrogen and oxygen atoms in total. The molecule has 1 N–H and O–H groups in total. The molecule has 7 heteroatoms. The largest absolute Gasteiger partial charge is 0.490 e. The molecule has 2 saturated heterocycles. The highest BCUT2D eigenvalue weighted by atomic mass is 19.1. The second-order valence-corrected chi connectivity index (χ2v) is 10.6. The summed E-state index contributed by atoms with van der Waals surface area (Å²) in [6.07, 6.45) is 3.41. The van der Waals surface area contributed by atoms with Crippen LogP contribution in [0.25, 0.3) is 11.1 Å². The first-order valence-electron chi connectivity index (χ1n) is 13.2. The van der Waals surface area contributed by atoms with Crippen LogP contribution in [0.3, 0.4) is 0 Å². The number of carbonyl (C=O) groups is 1. The average Bonchev–Trinajstić information content (AvgIpc) is 2.88. The molecule has 36 heavy (non-hydrogen) atoms. The Kier molecular flexibility index (Phi) is 8.62. The Morgan fingerprint density at radius 1 is 1.08 bits per heavy atom. The fourth-order valence-corrected chi connectivity index (χ4v) is 5.02. The number of amides is 1. The number of carbonyl (C=O) groups excluding carboxylic acids is 1. The Morgan fingerprint density at radius 2 is 1.78 bits per heavy atom. The molecule has 0 spiro atoms. The number of benzene rings is 2. The minimum atomic E-state index is -1.15. The third-order valence-electron chi connectivity index (χ3n) is 7.55. The Morgan fingerprint density at radius 3 is 2.42 bits per heavy atom. The summed E-state index contributed by atoms with van der Waals surface area (Å²) in [5, 5.41) is 9.83. The average molecular weight is 501 g/mol. The van der Waals surface area contributed by atoms with E-state index in [0.29, 0.717) is 49.7 Å². The number of aliphatic hydroxyl groups is 1. The van der Waals surface area contributed by atoms with Gasteiger partial charge in [0.2, 0.25) is 0 Å². The fraction of sp³-hybridized carbons (Fsp3) is 0.552. The summed E-state index contributed by atoms with van der Waals surface area (Å²) in [6, 6.07) is 12.1. The molecule has 2 aliphatic heterocycles. The highest BCUT2D eigenvalue weighted by molar-refractivity contribution is 5.94. The molecule has 0 aliphatic carbocycles. The van der Waals surface area contributed by atoms with E-state index in [0.717, 1.165) is 44.3 Å². The number of halogens is 2. The lowest BCUT2D eigenvalue weighted by Gasteiger charge is -2.35. The Labute approximate surface area is 213 Å². The van der Waals surface area contributed by atoms with Gasteiger partial charge >= 0.3 is 0 Å². The van der Waals surface area contributed by atoms with Crippen molar-refractivity contribution < 1.29 is 23.4 Å². The molecule has 2 heterocycles. The predicted octanol–water partition coefficient (Wildman–Crippen LogP) is 5.32. The molecular formula is C29H38F2N2O3. The summed E-state index contributed by atoms with van der Waals surface area (Å²) in [5.74, 6) is 0.0616. The monoisotopic (exact) mass is 500 g/mol. The van der Waals surface area contributed by atoms with Crippen LogP contribution in [0.4, 0.5) is 8.78 Å². The zero-order valence-electron chi connectivity index (χ0n) is 21.4. The number of aliphatic hydroxyl groups excluding tert-OH is 1. The second kappa shape index (κ2) is 11.7. The van der Waals surface area contributed by atoms with Crippen molar-refractivity contribution in [2.75, 3.05) is 39.3 Å². The number of ether oxygens (including phenoxy) is 1. The Hall–Kier alpha value is -2.51. The first-order chi connectivity index (χ1) is 17.2. The zero-order chi connectivity index (χ0) is 25.7. The summed E-state index contributed by atoms with van der Waals surface area (Å²) in [5.41, 5.74) is 0.937. The molecule has 2 aliphatic rings. The number of alkyl halides is 1. The smallest absolute Gasteiger partial charge is 0.253 e. The minimum absolute atomic E-state index is 0.0925. The van der Waals surface area contributed by atoms with Crippen molar-refractivity contribution in [3.8, 4) is 16.9 Å². The molecule has 0 saturated carbocycles. The highest BCUT2D eigenvalue weighted by Crippen LogP contribution is 2.28. The minimum Gasteiger partial charge on any atom is -0.490 e. The van der Waals surface area contributed by atoms with Gasteiger partial charge in [-0.2, -0.15) is 0 Å². The van der Waals surface area contributed by atoms with E-state index in [1.54, 1.807) is 30.0 Å². The summed E-state index contributed by atoms with van der Waals surface area (Å²) in [4.78, 5) is 16.6. The fourth-order valence-electron chi connectivity index (χ4n) is 5.02. The van der Waals surface area contributed by atoms with Gasteiger partial charge in [0, 0.05) is 25.2 Å². The molecule has 2 aromatic carbocycles. The lowest BCUT2D eigenvalue weighted by molar-refractivity contribution is 0.0474. The lowest BCUT2D eigenvalue weighted by Crippen LogP contribution is -2.42. The zero-order valence-corrected chi connectivity index (χ0v) is 21.4. The van der Waals surface area contributed by atoms with Gasteiger partial charge in [0.05, 0.1) is 12.7 Å². The van der Waals surface area contributed by atoms with E-state index in [4.69, 9.17) is 4.74 Å². The third kappa shape index (κ3) is 6.83. The van der Waals surface area contributed by atoms with Gasteiger partial charge in [0.15, 0.2) is 11.6 Å². The van der Waals surface area contributed by atoms with Crippen LogP contribution in [0, 0.1) is 11.7 Å². The van der Waals surface area contributed by atoms with Crippen molar-refractivity contribution in [1.82, 2.24) is 9.80 Å². The van der Waals surface area contributed by atoms with Crippen molar-refractivity contribution in [2.24, 2.45) is 5.92 Å². The van der Waals surface area contributed by atoms with Gasteiger partial charge in [-0.3, -0.25) is 4.79 Å². The molecule has 0 bridgehead atoms. The summed E-state index contributed by atoms with van der Waals surface area (Å²) >= 11 is 0. The molecule has 1 amide bonds. The maximum absolute atomic E-state index is 14.8. The summed E-state index contributed by atoms with van der Waals surface area (Å²) in [7, 11) is 0. The van der Waals surface area contributed by atoms with Gasteiger partial charge < -0.3 is 19.6 Å².